The minimum atomic E-state index is -0.440. The van der Waals surface area contributed by atoms with Gasteiger partial charge >= 0.3 is 0 Å². The first-order valence-corrected chi connectivity index (χ1v) is 8.01. The number of carbonyl (C=O) groups is 1. The lowest BCUT2D eigenvalue weighted by atomic mass is 10.2. The molecule has 0 aliphatic rings. The third-order valence-corrected chi connectivity index (χ3v) is 3.65. The molecule has 0 radical (unpaired) electrons. The van der Waals surface area contributed by atoms with Crippen molar-refractivity contribution in [2.75, 3.05) is 24.7 Å². The van der Waals surface area contributed by atoms with E-state index in [9.17, 15) is 9.90 Å². The highest BCUT2D eigenvalue weighted by Crippen LogP contribution is 2.18. The summed E-state index contributed by atoms with van der Waals surface area (Å²) in [5, 5.41) is 12.4. The van der Waals surface area contributed by atoms with Crippen molar-refractivity contribution in [2.45, 2.75) is 37.8 Å². The number of carbonyl (C=O) groups excluding carboxylic acids is 1. The Balaban J connectivity index is 2.60. The SMILES string of the molecule is CSc1cccc(NC(=O)CN(CC(C)O)C(C)C)c1. The van der Waals surface area contributed by atoms with E-state index in [2.05, 4.69) is 5.32 Å². The molecule has 0 heterocycles. The molecule has 0 fully saturated rings. The number of aliphatic hydroxyl groups excluding tert-OH is 1. The maximum absolute atomic E-state index is 12.1. The Hall–Kier alpha value is -1.04. The van der Waals surface area contributed by atoms with Crippen LogP contribution in [0.2, 0.25) is 0 Å². The first kappa shape index (κ1) is 17.0. The summed E-state index contributed by atoms with van der Waals surface area (Å²) >= 11 is 1.64. The highest BCUT2D eigenvalue weighted by atomic mass is 32.2. The fourth-order valence-electron chi connectivity index (χ4n) is 1.88. The van der Waals surface area contributed by atoms with Crippen LogP contribution < -0.4 is 5.32 Å². The number of hydrogen-bond donors (Lipinski definition) is 2. The van der Waals surface area contributed by atoms with Crippen molar-refractivity contribution in [3.63, 3.8) is 0 Å². The van der Waals surface area contributed by atoms with Gasteiger partial charge in [-0.2, -0.15) is 0 Å². The average Bonchev–Trinajstić information content (AvgIpc) is 2.37. The van der Waals surface area contributed by atoms with Crippen molar-refractivity contribution in [1.82, 2.24) is 4.90 Å². The van der Waals surface area contributed by atoms with Gasteiger partial charge in [0, 0.05) is 23.2 Å². The van der Waals surface area contributed by atoms with Gasteiger partial charge in [0.15, 0.2) is 0 Å². The molecule has 1 atom stereocenters. The van der Waals surface area contributed by atoms with E-state index in [-0.39, 0.29) is 18.5 Å². The lowest BCUT2D eigenvalue weighted by Gasteiger charge is -2.26. The summed E-state index contributed by atoms with van der Waals surface area (Å²) in [4.78, 5) is 15.1. The number of nitrogens with zero attached hydrogens (tertiary/aromatic N) is 1. The molecule has 0 aliphatic carbocycles. The molecule has 2 N–H and O–H groups in total. The molecule has 5 heteroatoms. The average molecular weight is 296 g/mol. The van der Waals surface area contributed by atoms with Gasteiger partial charge in [-0.15, -0.1) is 11.8 Å². The minimum absolute atomic E-state index is 0.0578. The molecule has 112 valence electrons. The molecule has 0 saturated carbocycles. The lowest BCUT2D eigenvalue weighted by molar-refractivity contribution is -0.118. The zero-order chi connectivity index (χ0) is 15.1. The molecular formula is C15H24N2O2S. The Morgan fingerprint density at radius 1 is 1.40 bits per heavy atom. The van der Waals surface area contributed by atoms with Crippen molar-refractivity contribution in [3.8, 4) is 0 Å². The quantitative estimate of drug-likeness (QED) is 0.759. The van der Waals surface area contributed by atoms with E-state index in [1.54, 1.807) is 18.7 Å². The van der Waals surface area contributed by atoms with Gasteiger partial charge in [-0.05, 0) is 45.2 Å². The summed E-state index contributed by atoms with van der Waals surface area (Å²) in [6.07, 6.45) is 1.56. The summed E-state index contributed by atoms with van der Waals surface area (Å²) in [5.41, 5.74) is 0.808. The van der Waals surface area contributed by atoms with Gasteiger partial charge in [0.2, 0.25) is 5.91 Å². The largest absolute Gasteiger partial charge is 0.392 e. The van der Waals surface area contributed by atoms with Crippen LogP contribution in [0.5, 0.6) is 0 Å². The molecule has 0 aliphatic heterocycles. The van der Waals surface area contributed by atoms with Crippen LogP contribution in [-0.2, 0) is 4.79 Å². The first-order chi connectivity index (χ1) is 9.42. The van der Waals surface area contributed by atoms with E-state index in [0.717, 1.165) is 10.6 Å². The molecule has 0 spiro atoms. The predicted octanol–water partition coefficient (Wildman–Crippen LogP) is 2.44. The molecule has 20 heavy (non-hydrogen) atoms. The predicted molar refractivity (Wildman–Crippen MR) is 85.2 cm³/mol. The maximum atomic E-state index is 12.1. The molecular weight excluding hydrogens is 272 g/mol. The molecule has 1 unspecified atom stereocenters. The van der Waals surface area contributed by atoms with Crippen LogP contribution in [0.3, 0.4) is 0 Å². The van der Waals surface area contributed by atoms with E-state index in [4.69, 9.17) is 0 Å². The Kier molecular flexibility index (Phi) is 7.05. The van der Waals surface area contributed by atoms with Gasteiger partial charge in [-0.1, -0.05) is 6.07 Å². The van der Waals surface area contributed by atoms with Crippen molar-refractivity contribution in [1.29, 1.82) is 0 Å². The smallest absolute Gasteiger partial charge is 0.238 e. The van der Waals surface area contributed by atoms with Crippen LogP contribution in [0.25, 0.3) is 0 Å². The van der Waals surface area contributed by atoms with Gasteiger partial charge in [0.05, 0.1) is 12.6 Å². The second kappa shape index (κ2) is 8.29. The normalized spacial score (nSPS) is 12.8. The zero-order valence-corrected chi connectivity index (χ0v) is 13.4. The molecule has 0 saturated heterocycles. The second-order valence-corrected chi connectivity index (χ2v) is 6.03. The molecule has 4 nitrogen and oxygen atoms in total. The second-order valence-electron chi connectivity index (χ2n) is 5.15. The summed E-state index contributed by atoms with van der Waals surface area (Å²) in [6, 6.07) is 7.99. The first-order valence-electron chi connectivity index (χ1n) is 6.78. The number of thioether (sulfide) groups is 1. The number of amides is 1. The minimum Gasteiger partial charge on any atom is -0.392 e. The molecule has 1 aromatic carbocycles. The maximum Gasteiger partial charge on any atom is 0.238 e. The lowest BCUT2D eigenvalue weighted by Crippen LogP contribution is -2.41. The number of anilines is 1. The molecule has 0 bridgehead atoms. The number of rotatable bonds is 7. The highest BCUT2D eigenvalue weighted by molar-refractivity contribution is 7.98. The van der Waals surface area contributed by atoms with Crippen molar-refractivity contribution < 1.29 is 9.90 Å². The number of nitrogens with one attached hydrogen (secondary N) is 1. The Morgan fingerprint density at radius 3 is 2.65 bits per heavy atom. The van der Waals surface area contributed by atoms with Gasteiger partial charge in [0.1, 0.15) is 0 Å². The topological polar surface area (TPSA) is 52.6 Å². The van der Waals surface area contributed by atoms with Crippen LogP contribution in [0.4, 0.5) is 5.69 Å². The monoisotopic (exact) mass is 296 g/mol. The summed E-state index contributed by atoms with van der Waals surface area (Å²) in [7, 11) is 0. The van der Waals surface area contributed by atoms with E-state index in [1.807, 2.05) is 49.3 Å². The van der Waals surface area contributed by atoms with E-state index >= 15 is 0 Å². The van der Waals surface area contributed by atoms with Crippen molar-refractivity contribution >= 4 is 23.4 Å². The fraction of sp³-hybridized carbons (Fsp3) is 0.533. The molecule has 0 aromatic heterocycles. The van der Waals surface area contributed by atoms with Gasteiger partial charge in [-0.25, -0.2) is 0 Å². The van der Waals surface area contributed by atoms with Crippen LogP contribution in [0, 0.1) is 0 Å². The zero-order valence-electron chi connectivity index (χ0n) is 12.6. The van der Waals surface area contributed by atoms with Crippen LogP contribution >= 0.6 is 11.8 Å². The van der Waals surface area contributed by atoms with Gasteiger partial charge in [-0.3, -0.25) is 9.69 Å². The van der Waals surface area contributed by atoms with Gasteiger partial charge < -0.3 is 10.4 Å². The van der Waals surface area contributed by atoms with Crippen molar-refractivity contribution in [3.05, 3.63) is 24.3 Å². The van der Waals surface area contributed by atoms with Crippen LogP contribution in [0.1, 0.15) is 20.8 Å². The molecule has 1 aromatic rings. The standard InChI is InChI=1S/C15H24N2O2S/c1-11(2)17(9-12(3)18)10-15(19)16-13-6-5-7-14(8-13)20-4/h5-8,11-12,18H,9-10H2,1-4H3,(H,16,19). The Morgan fingerprint density at radius 2 is 2.10 bits per heavy atom. The van der Waals surface area contributed by atoms with Gasteiger partial charge in [0.25, 0.3) is 0 Å². The number of benzene rings is 1. The van der Waals surface area contributed by atoms with Crippen molar-refractivity contribution in [2.24, 2.45) is 0 Å². The Bertz CT molecular complexity index is 436. The third kappa shape index (κ3) is 5.94. The Labute approximate surface area is 125 Å². The third-order valence-electron chi connectivity index (χ3n) is 2.93. The van der Waals surface area contributed by atoms with Crippen LogP contribution in [0.15, 0.2) is 29.2 Å². The summed E-state index contributed by atoms with van der Waals surface area (Å²) in [6.45, 7) is 6.55. The summed E-state index contributed by atoms with van der Waals surface area (Å²) in [5.74, 6) is -0.0578. The fourth-order valence-corrected chi connectivity index (χ4v) is 2.34. The summed E-state index contributed by atoms with van der Waals surface area (Å²) < 4.78 is 0. The molecule has 1 rings (SSSR count). The molecule has 1 amide bonds. The number of hydrogen-bond acceptors (Lipinski definition) is 4. The van der Waals surface area contributed by atoms with Crippen LogP contribution in [-0.4, -0.2) is 47.4 Å². The van der Waals surface area contributed by atoms with E-state index < -0.39 is 6.10 Å². The number of aliphatic hydroxyl groups is 1. The van der Waals surface area contributed by atoms with E-state index in [0.29, 0.717) is 6.54 Å². The van der Waals surface area contributed by atoms with E-state index in [1.165, 1.54) is 0 Å². The highest BCUT2D eigenvalue weighted by Gasteiger charge is 2.16.